The van der Waals surface area contributed by atoms with Crippen LogP contribution in [0.1, 0.15) is 18.0 Å². The maximum absolute atomic E-state index is 13.9. The molecule has 1 N–H and O–H groups in total. The zero-order chi connectivity index (χ0) is 15.7. The minimum Gasteiger partial charge on any atom is -0.463 e. The van der Waals surface area contributed by atoms with Crippen LogP contribution in [0.25, 0.3) is 11.1 Å². The molecule has 2 aromatic rings. The molecule has 1 atom stereocenters. The van der Waals surface area contributed by atoms with Crippen molar-refractivity contribution in [3.63, 3.8) is 0 Å². The molecule has 0 aromatic heterocycles. The van der Waals surface area contributed by atoms with Gasteiger partial charge in [0.2, 0.25) is 0 Å². The van der Waals surface area contributed by atoms with Gasteiger partial charge in [-0.1, -0.05) is 12.1 Å². The molecule has 0 saturated carbocycles. The first-order valence-corrected chi connectivity index (χ1v) is 6.76. The van der Waals surface area contributed by atoms with E-state index in [4.69, 9.17) is 9.94 Å². The lowest BCUT2D eigenvalue weighted by Gasteiger charge is -2.20. The van der Waals surface area contributed by atoms with E-state index in [1.165, 1.54) is 30.3 Å². The Morgan fingerprint density at radius 3 is 2.64 bits per heavy atom. The predicted octanol–water partition coefficient (Wildman–Crippen LogP) is 3.99. The van der Waals surface area contributed by atoms with Gasteiger partial charge in [0.05, 0.1) is 12.6 Å². The molecule has 1 saturated heterocycles. The summed E-state index contributed by atoms with van der Waals surface area (Å²) in [6.07, 6.45) is -0.780. The number of hydrogen-bond donors (Lipinski definition) is 1. The van der Waals surface area contributed by atoms with Gasteiger partial charge in [-0.3, -0.25) is 4.84 Å². The van der Waals surface area contributed by atoms with E-state index in [-0.39, 0.29) is 6.61 Å². The molecular weight excluding hydrogens is 292 g/mol. The highest BCUT2D eigenvalue weighted by molar-refractivity contribution is 5.67. The average Bonchev–Trinajstić information content (AvgIpc) is 2.96. The summed E-state index contributed by atoms with van der Waals surface area (Å²) in [4.78, 5) is 16.2. The van der Waals surface area contributed by atoms with Crippen molar-refractivity contribution in [3.8, 4) is 11.1 Å². The number of rotatable bonds is 2. The highest BCUT2D eigenvalue weighted by Gasteiger charge is 2.32. The molecule has 0 bridgehead atoms. The number of carboxylic acid groups (broad SMARTS) is 1. The number of halogens is 2. The monoisotopic (exact) mass is 305 g/mol. The van der Waals surface area contributed by atoms with Crippen molar-refractivity contribution in [2.45, 2.75) is 12.5 Å². The Hall–Kier alpha value is -2.47. The first-order valence-electron chi connectivity index (χ1n) is 6.76. The Labute approximate surface area is 125 Å². The van der Waals surface area contributed by atoms with Gasteiger partial charge >= 0.3 is 6.09 Å². The minimum absolute atomic E-state index is 0.253. The Balaban J connectivity index is 2.02. The van der Waals surface area contributed by atoms with Crippen LogP contribution in [0.5, 0.6) is 0 Å². The van der Waals surface area contributed by atoms with E-state index < -0.39 is 23.8 Å². The van der Waals surface area contributed by atoms with Crippen LogP contribution in [-0.4, -0.2) is 22.9 Å². The van der Waals surface area contributed by atoms with Crippen LogP contribution in [0.2, 0.25) is 0 Å². The summed E-state index contributed by atoms with van der Waals surface area (Å²) in [5.41, 5.74) is 1.51. The topological polar surface area (TPSA) is 49.8 Å². The van der Waals surface area contributed by atoms with E-state index in [1.807, 2.05) is 0 Å². The van der Waals surface area contributed by atoms with Crippen molar-refractivity contribution in [2.75, 3.05) is 6.61 Å². The van der Waals surface area contributed by atoms with Gasteiger partial charge < -0.3 is 5.11 Å². The largest absolute Gasteiger partial charge is 0.463 e. The molecule has 6 heteroatoms. The SMILES string of the molecule is O=C(O)N1OCCC1c1cc(F)cc(-c2cccc(F)c2)c1. The molecule has 1 heterocycles. The molecule has 1 amide bonds. The lowest BCUT2D eigenvalue weighted by atomic mass is 9.98. The summed E-state index contributed by atoms with van der Waals surface area (Å²) < 4.78 is 27.2. The number of hydrogen-bond acceptors (Lipinski definition) is 2. The summed E-state index contributed by atoms with van der Waals surface area (Å²) in [6.45, 7) is 0.253. The van der Waals surface area contributed by atoms with Crippen molar-refractivity contribution >= 4 is 6.09 Å². The van der Waals surface area contributed by atoms with Gasteiger partial charge in [-0.2, -0.15) is 5.06 Å². The second-order valence-corrected chi connectivity index (χ2v) is 5.03. The highest BCUT2D eigenvalue weighted by atomic mass is 19.1. The second kappa shape index (κ2) is 5.73. The summed E-state index contributed by atoms with van der Waals surface area (Å²) in [5, 5.41) is 9.92. The fourth-order valence-electron chi connectivity index (χ4n) is 2.60. The van der Waals surface area contributed by atoms with Crippen LogP contribution in [0, 0.1) is 11.6 Å². The highest BCUT2D eigenvalue weighted by Crippen LogP contribution is 2.33. The number of carbonyl (C=O) groups is 1. The van der Waals surface area contributed by atoms with Crippen LogP contribution in [0.4, 0.5) is 13.6 Å². The van der Waals surface area contributed by atoms with Crippen molar-refractivity contribution in [2.24, 2.45) is 0 Å². The number of benzene rings is 2. The van der Waals surface area contributed by atoms with Gasteiger partial charge in [0, 0.05) is 6.42 Å². The van der Waals surface area contributed by atoms with Gasteiger partial charge in [-0.15, -0.1) is 0 Å². The zero-order valence-corrected chi connectivity index (χ0v) is 11.5. The molecule has 1 aliphatic heterocycles. The molecule has 2 aromatic carbocycles. The van der Waals surface area contributed by atoms with Crippen molar-refractivity contribution in [1.29, 1.82) is 0 Å². The standard InChI is InChI=1S/C16H13F2NO3/c17-13-3-1-2-10(7-13)11-6-12(9-14(18)8-11)15-4-5-22-19(15)16(20)21/h1-3,6-9,15H,4-5H2,(H,20,21). The quantitative estimate of drug-likeness (QED) is 0.912. The smallest absolute Gasteiger partial charge is 0.432 e. The zero-order valence-electron chi connectivity index (χ0n) is 11.5. The maximum Gasteiger partial charge on any atom is 0.432 e. The van der Waals surface area contributed by atoms with Crippen molar-refractivity contribution < 1.29 is 23.5 Å². The van der Waals surface area contributed by atoms with E-state index in [9.17, 15) is 13.6 Å². The van der Waals surface area contributed by atoms with Crippen molar-refractivity contribution in [1.82, 2.24) is 5.06 Å². The van der Waals surface area contributed by atoms with E-state index in [2.05, 4.69) is 0 Å². The molecular formula is C16H13F2NO3. The number of hydroxylamine groups is 2. The first-order chi connectivity index (χ1) is 10.5. The summed E-state index contributed by atoms with van der Waals surface area (Å²) >= 11 is 0. The normalized spacial score (nSPS) is 17.7. The van der Waals surface area contributed by atoms with Crippen LogP contribution < -0.4 is 0 Å². The molecule has 22 heavy (non-hydrogen) atoms. The lowest BCUT2D eigenvalue weighted by Crippen LogP contribution is -2.27. The molecule has 3 rings (SSSR count). The molecule has 1 aliphatic rings. The third kappa shape index (κ3) is 2.78. The van der Waals surface area contributed by atoms with Gasteiger partial charge in [-0.05, 0) is 47.0 Å². The lowest BCUT2D eigenvalue weighted by molar-refractivity contribution is -0.104. The molecule has 0 aliphatic carbocycles. The van der Waals surface area contributed by atoms with Crippen LogP contribution in [-0.2, 0) is 4.84 Å². The summed E-state index contributed by atoms with van der Waals surface area (Å²) in [5.74, 6) is -0.923. The molecule has 114 valence electrons. The fraction of sp³-hybridized carbons (Fsp3) is 0.188. The molecule has 0 radical (unpaired) electrons. The molecule has 4 nitrogen and oxygen atoms in total. The van der Waals surface area contributed by atoms with E-state index in [1.54, 1.807) is 12.1 Å². The Morgan fingerprint density at radius 2 is 1.91 bits per heavy atom. The summed E-state index contributed by atoms with van der Waals surface area (Å²) in [6, 6.07) is 9.48. The van der Waals surface area contributed by atoms with Gasteiger partial charge in [-0.25, -0.2) is 13.6 Å². The fourth-order valence-corrected chi connectivity index (χ4v) is 2.60. The van der Waals surface area contributed by atoms with E-state index in [0.29, 0.717) is 23.1 Å². The van der Waals surface area contributed by atoms with Gasteiger partial charge in [0.1, 0.15) is 11.6 Å². The average molecular weight is 305 g/mol. The van der Waals surface area contributed by atoms with Crippen LogP contribution >= 0.6 is 0 Å². The molecule has 0 spiro atoms. The minimum atomic E-state index is -1.22. The first kappa shape index (κ1) is 14.5. The van der Waals surface area contributed by atoms with Gasteiger partial charge in [0.15, 0.2) is 0 Å². The number of nitrogens with zero attached hydrogens (tertiary/aromatic N) is 1. The Kier molecular flexibility index (Phi) is 3.77. The third-order valence-electron chi connectivity index (χ3n) is 3.56. The van der Waals surface area contributed by atoms with Crippen LogP contribution in [0.3, 0.4) is 0 Å². The third-order valence-corrected chi connectivity index (χ3v) is 3.56. The van der Waals surface area contributed by atoms with Crippen LogP contribution in [0.15, 0.2) is 42.5 Å². The summed E-state index contributed by atoms with van der Waals surface area (Å²) in [7, 11) is 0. The predicted molar refractivity (Wildman–Crippen MR) is 75.0 cm³/mol. The second-order valence-electron chi connectivity index (χ2n) is 5.03. The van der Waals surface area contributed by atoms with Crippen molar-refractivity contribution in [3.05, 3.63) is 59.7 Å². The Bertz CT molecular complexity index is 720. The van der Waals surface area contributed by atoms with E-state index in [0.717, 1.165) is 5.06 Å². The van der Waals surface area contributed by atoms with E-state index >= 15 is 0 Å². The molecule has 1 fully saturated rings. The number of amides is 1. The maximum atomic E-state index is 13.9. The van der Waals surface area contributed by atoms with Gasteiger partial charge in [0.25, 0.3) is 0 Å². The Morgan fingerprint density at radius 1 is 1.14 bits per heavy atom. The molecule has 1 unspecified atom stereocenters.